The molecule has 2 aromatic carbocycles. The number of ether oxygens (including phenoxy) is 1. The summed E-state index contributed by atoms with van der Waals surface area (Å²) in [6.45, 7) is 0.361. The third-order valence-electron chi connectivity index (χ3n) is 2.80. The molecular weight excluding hydrogens is 261 g/mol. The number of para-hydroxylation sites is 1. The third kappa shape index (κ3) is 2.53. The number of nitrogen functional groups attached to an aromatic ring is 1. The zero-order valence-electron chi connectivity index (χ0n) is 10.1. The highest BCUT2D eigenvalue weighted by atomic mass is 32.1. The van der Waals surface area contributed by atoms with E-state index in [0.29, 0.717) is 6.61 Å². The van der Waals surface area contributed by atoms with Crippen molar-refractivity contribution >= 4 is 27.1 Å². The summed E-state index contributed by atoms with van der Waals surface area (Å²) >= 11 is 1.61. The highest BCUT2D eigenvalue weighted by Gasteiger charge is 2.05. The van der Waals surface area contributed by atoms with Crippen molar-refractivity contribution in [1.29, 1.82) is 0 Å². The van der Waals surface area contributed by atoms with E-state index in [1.165, 1.54) is 6.07 Å². The first-order chi connectivity index (χ1) is 9.22. The Labute approximate surface area is 114 Å². The van der Waals surface area contributed by atoms with Crippen LogP contribution < -0.4 is 10.5 Å². The molecule has 3 rings (SSSR count). The number of rotatable bonds is 3. The Balaban J connectivity index is 1.80. The van der Waals surface area contributed by atoms with E-state index in [0.717, 1.165) is 20.7 Å². The van der Waals surface area contributed by atoms with Crippen molar-refractivity contribution in [1.82, 2.24) is 0 Å². The number of hydrogen-bond acceptors (Lipinski definition) is 3. The zero-order chi connectivity index (χ0) is 13.2. The van der Waals surface area contributed by atoms with Gasteiger partial charge in [-0.1, -0.05) is 18.2 Å². The van der Waals surface area contributed by atoms with Gasteiger partial charge in [-0.05, 0) is 35.7 Å². The second kappa shape index (κ2) is 4.90. The highest BCUT2D eigenvalue weighted by Crippen LogP contribution is 2.28. The van der Waals surface area contributed by atoms with Crippen LogP contribution in [0.15, 0.2) is 48.5 Å². The van der Waals surface area contributed by atoms with Crippen molar-refractivity contribution in [2.24, 2.45) is 0 Å². The molecule has 2 N–H and O–H groups in total. The average molecular weight is 273 g/mol. The summed E-state index contributed by atoms with van der Waals surface area (Å²) in [7, 11) is 0. The van der Waals surface area contributed by atoms with E-state index in [2.05, 4.69) is 0 Å². The Morgan fingerprint density at radius 1 is 1.11 bits per heavy atom. The lowest BCUT2D eigenvalue weighted by Gasteiger charge is -2.04. The molecule has 0 aliphatic carbocycles. The quantitative estimate of drug-likeness (QED) is 0.726. The summed E-state index contributed by atoms with van der Waals surface area (Å²) in [5.41, 5.74) is 6.49. The SMILES string of the molecule is Nc1ccc2cc(COc3ccccc3F)sc2c1. The fourth-order valence-electron chi connectivity index (χ4n) is 1.88. The number of thiophene rings is 1. The minimum atomic E-state index is -0.340. The Morgan fingerprint density at radius 3 is 2.79 bits per heavy atom. The van der Waals surface area contributed by atoms with Gasteiger partial charge in [0.05, 0.1) is 0 Å². The van der Waals surface area contributed by atoms with Crippen LogP contribution in [0.2, 0.25) is 0 Å². The van der Waals surface area contributed by atoms with Gasteiger partial charge in [0.15, 0.2) is 11.6 Å². The molecule has 4 heteroatoms. The van der Waals surface area contributed by atoms with Crippen molar-refractivity contribution in [2.45, 2.75) is 6.61 Å². The molecule has 0 unspecified atom stereocenters. The van der Waals surface area contributed by atoms with Crippen LogP contribution in [-0.4, -0.2) is 0 Å². The minimum absolute atomic E-state index is 0.277. The molecular formula is C15H12FNOS. The van der Waals surface area contributed by atoms with Gasteiger partial charge in [-0.3, -0.25) is 0 Å². The molecule has 0 saturated carbocycles. The maximum atomic E-state index is 13.4. The number of halogens is 1. The third-order valence-corrected chi connectivity index (χ3v) is 3.87. The van der Waals surface area contributed by atoms with E-state index in [9.17, 15) is 4.39 Å². The van der Waals surface area contributed by atoms with Gasteiger partial charge in [0.25, 0.3) is 0 Å². The Bertz CT molecular complexity index is 723. The summed E-state index contributed by atoms with van der Waals surface area (Å²) in [5, 5.41) is 1.13. The largest absolute Gasteiger partial charge is 0.485 e. The molecule has 0 amide bonds. The molecule has 0 spiro atoms. The Hall–Kier alpha value is -2.07. The molecule has 2 nitrogen and oxygen atoms in total. The molecule has 3 aromatic rings. The van der Waals surface area contributed by atoms with E-state index in [1.54, 1.807) is 29.5 Å². The van der Waals surface area contributed by atoms with Crippen LogP contribution in [0.3, 0.4) is 0 Å². The summed E-state index contributed by atoms with van der Waals surface area (Å²) in [5.74, 6) is -0.0627. The molecule has 0 radical (unpaired) electrons. The van der Waals surface area contributed by atoms with E-state index < -0.39 is 0 Å². The first-order valence-corrected chi connectivity index (χ1v) is 6.69. The van der Waals surface area contributed by atoms with E-state index in [4.69, 9.17) is 10.5 Å². The summed E-state index contributed by atoms with van der Waals surface area (Å²) < 4.78 is 20.0. The van der Waals surface area contributed by atoms with Gasteiger partial charge in [-0.15, -0.1) is 11.3 Å². The summed E-state index contributed by atoms with van der Waals surface area (Å²) in [4.78, 5) is 1.05. The van der Waals surface area contributed by atoms with Gasteiger partial charge >= 0.3 is 0 Å². The molecule has 0 bridgehead atoms. The molecule has 0 saturated heterocycles. The van der Waals surface area contributed by atoms with Gasteiger partial charge in [0.1, 0.15) is 6.61 Å². The molecule has 19 heavy (non-hydrogen) atoms. The maximum Gasteiger partial charge on any atom is 0.165 e. The van der Waals surface area contributed by atoms with Crippen molar-refractivity contribution in [3.8, 4) is 5.75 Å². The predicted molar refractivity (Wildman–Crippen MR) is 77.0 cm³/mol. The van der Waals surface area contributed by atoms with Gasteiger partial charge in [0.2, 0.25) is 0 Å². The minimum Gasteiger partial charge on any atom is -0.485 e. The molecule has 0 aliphatic rings. The highest BCUT2D eigenvalue weighted by molar-refractivity contribution is 7.19. The van der Waals surface area contributed by atoms with Crippen LogP contribution in [0.4, 0.5) is 10.1 Å². The average Bonchev–Trinajstić information content (AvgIpc) is 2.79. The first-order valence-electron chi connectivity index (χ1n) is 5.87. The number of hydrogen-bond donors (Lipinski definition) is 1. The van der Waals surface area contributed by atoms with Gasteiger partial charge < -0.3 is 10.5 Å². The lowest BCUT2D eigenvalue weighted by Crippen LogP contribution is -1.94. The van der Waals surface area contributed by atoms with Crippen LogP contribution in [0.1, 0.15) is 4.88 Å². The summed E-state index contributed by atoms with van der Waals surface area (Å²) in [6.07, 6.45) is 0. The normalized spacial score (nSPS) is 10.8. The number of benzene rings is 2. The Kier molecular flexibility index (Phi) is 3.09. The maximum absolute atomic E-state index is 13.4. The second-order valence-electron chi connectivity index (χ2n) is 4.23. The van der Waals surface area contributed by atoms with Crippen molar-refractivity contribution in [3.05, 3.63) is 59.2 Å². The first kappa shape index (κ1) is 12.0. The van der Waals surface area contributed by atoms with Gasteiger partial charge in [-0.25, -0.2) is 4.39 Å². The van der Waals surface area contributed by atoms with Crippen molar-refractivity contribution in [3.63, 3.8) is 0 Å². The van der Waals surface area contributed by atoms with E-state index in [1.807, 2.05) is 24.3 Å². The number of anilines is 1. The smallest absolute Gasteiger partial charge is 0.165 e. The molecule has 1 aromatic heterocycles. The topological polar surface area (TPSA) is 35.2 Å². The lowest BCUT2D eigenvalue weighted by molar-refractivity contribution is 0.293. The molecule has 0 fully saturated rings. The monoisotopic (exact) mass is 273 g/mol. The fourth-order valence-corrected chi connectivity index (χ4v) is 2.91. The second-order valence-corrected chi connectivity index (χ2v) is 5.40. The van der Waals surface area contributed by atoms with Crippen LogP contribution in [0, 0.1) is 5.82 Å². The molecule has 1 heterocycles. The van der Waals surface area contributed by atoms with Crippen molar-refractivity contribution < 1.29 is 9.13 Å². The van der Waals surface area contributed by atoms with Crippen LogP contribution in [-0.2, 0) is 6.61 Å². The van der Waals surface area contributed by atoms with E-state index in [-0.39, 0.29) is 11.6 Å². The molecule has 0 aliphatic heterocycles. The van der Waals surface area contributed by atoms with Crippen LogP contribution in [0.25, 0.3) is 10.1 Å². The van der Waals surface area contributed by atoms with Crippen molar-refractivity contribution in [2.75, 3.05) is 5.73 Å². The summed E-state index contributed by atoms with van der Waals surface area (Å²) in [6, 6.07) is 14.2. The van der Waals surface area contributed by atoms with Crippen LogP contribution in [0.5, 0.6) is 5.75 Å². The zero-order valence-corrected chi connectivity index (χ0v) is 10.9. The standard InChI is InChI=1S/C15H12FNOS/c16-13-3-1-2-4-14(13)18-9-12-7-10-5-6-11(17)8-15(10)19-12/h1-8H,9,17H2. The number of fused-ring (bicyclic) bond motifs is 1. The fraction of sp³-hybridized carbons (Fsp3) is 0.0667. The Morgan fingerprint density at radius 2 is 1.95 bits per heavy atom. The van der Waals surface area contributed by atoms with Crippen LogP contribution >= 0.6 is 11.3 Å². The van der Waals surface area contributed by atoms with E-state index >= 15 is 0 Å². The molecule has 0 atom stereocenters. The van der Waals surface area contributed by atoms with Gasteiger partial charge in [-0.2, -0.15) is 0 Å². The lowest BCUT2D eigenvalue weighted by atomic mass is 10.2. The number of nitrogens with two attached hydrogens (primary N) is 1. The molecule has 96 valence electrons. The van der Waals surface area contributed by atoms with Gasteiger partial charge in [0, 0.05) is 15.3 Å². The predicted octanol–water partition coefficient (Wildman–Crippen LogP) is 4.20.